The van der Waals surface area contributed by atoms with Gasteiger partial charge >= 0.3 is 0 Å². The fourth-order valence-electron chi connectivity index (χ4n) is 2.84. The number of nitrogens with two attached hydrogens (primary N) is 1. The molecule has 1 unspecified atom stereocenters. The Balaban J connectivity index is 1.88. The lowest BCUT2D eigenvalue weighted by atomic mass is 10.0. The molecular weight excluding hydrogens is 278 g/mol. The van der Waals surface area contributed by atoms with Crippen LogP contribution in [0.1, 0.15) is 42.5 Å². The van der Waals surface area contributed by atoms with E-state index in [1.54, 1.807) is 12.1 Å². The molecule has 0 bridgehead atoms. The molecule has 0 aliphatic carbocycles. The van der Waals surface area contributed by atoms with Gasteiger partial charge in [0.05, 0.1) is 0 Å². The van der Waals surface area contributed by atoms with Crippen LogP contribution in [-0.2, 0) is 4.79 Å². The number of nitrogens with one attached hydrogen (secondary N) is 1. The van der Waals surface area contributed by atoms with E-state index in [9.17, 15) is 9.59 Å². The minimum Gasteiger partial charge on any atom is -0.350 e. The molecule has 3 N–H and O–H groups in total. The molecule has 22 heavy (non-hydrogen) atoms. The Labute approximate surface area is 131 Å². The van der Waals surface area contributed by atoms with E-state index in [0.29, 0.717) is 25.1 Å². The van der Waals surface area contributed by atoms with E-state index in [2.05, 4.69) is 5.32 Å². The summed E-state index contributed by atoms with van der Waals surface area (Å²) >= 11 is 0. The molecule has 5 heteroatoms. The van der Waals surface area contributed by atoms with Gasteiger partial charge in [-0.2, -0.15) is 0 Å². The topological polar surface area (TPSA) is 75.4 Å². The van der Waals surface area contributed by atoms with Gasteiger partial charge in [0.25, 0.3) is 5.91 Å². The van der Waals surface area contributed by atoms with Gasteiger partial charge in [0.15, 0.2) is 0 Å². The molecule has 1 fully saturated rings. The van der Waals surface area contributed by atoms with Crippen LogP contribution in [-0.4, -0.2) is 42.4 Å². The van der Waals surface area contributed by atoms with Crippen molar-refractivity contribution in [1.29, 1.82) is 0 Å². The quantitative estimate of drug-likeness (QED) is 0.837. The summed E-state index contributed by atoms with van der Waals surface area (Å²) in [6.45, 7) is 1.84. The predicted octanol–water partition coefficient (Wildman–Crippen LogP) is 1.54. The van der Waals surface area contributed by atoms with E-state index in [1.807, 2.05) is 23.1 Å². The van der Waals surface area contributed by atoms with Gasteiger partial charge in [-0.05, 0) is 44.4 Å². The van der Waals surface area contributed by atoms with Crippen LogP contribution in [0.4, 0.5) is 0 Å². The van der Waals surface area contributed by atoms with Crippen molar-refractivity contribution in [2.24, 2.45) is 5.73 Å². The molecule has 0 radical (unpaired) electrons. The van der Waals surface area contributed by atoms with Crippen LogP contribution in [0.3, 0.4) is 0 Å². The smallest absolute Gasteiger partial charge is 0.251 e. The highest BCUT2D eigenvalue weighted by Crippen LogP contribution is 2.18. The number of rotatable bonds is 6. The van der Waals surface area contributed by atoms with Crippen molar-refractivity contribution < 1.29 is 9.59 Å². The van der Waals surface area contributed by atoms with Crippen molar-refractivity contribution in [3.8, 4) is 0 Å². The standard InChI is InChI=1S/C17H25N3O2/c18-11-6-10-16(21)20-12-5-4-9-15(20)13-19-17(22)14-7-2-1-3-8-14/h1-3,7-8,15H,4-6,9-13,18H2,(H,19,22). The maximum atomic E-state index is 12.2. The Hall–Kier alpha value is -1.88. The second-order valence-corrected chi connectivity index (χ2v) is 5.71. The molecule has 1 aliphatic rings. The van der Waals surface area contributed by atoms with Crippen molar-refractivity contribution >= 4 is 11.8 Å². The second kappa shape index (κ2) is 8.54. The molecule has 2 rings (SSSR count). The number of benzene rings is 1. The third kappa shape index (κ3) is 4.56. The number of hydrogen-bond donors (Lipinski definition) is 2. The van der Waals surface area contributed by atoms with Crippen molar-refractivity contribution in [2.45, 2.75) is 38.1 Å². The third-order valence-electron chi connectivity index (χ3n) is 4.08. The lowest BCUT2D eigenvalue weighted by Gasteiger charge is -2.36. The summed E-state index contributed by atoms with van der Waals surface area (Å²) in [5, 5.41) is 2.95. The first-order valence-corrected chi connectivity index (χ1v) is 8.05. The molecule has 0 aromatic heterocycles. The van der Waals surface area contributed by atoms with E-state index in [4.69, 9.17) is 5.73 Å². The molecule has 1 aromatic rings. The molecule has 0 saturated carbocycles. The number of hydrogen-bond acceptors (Lipinski definition) is 3. The van der Waals surface area contributed by atoms with Gasteiger partial charge in [0.1, 0.15) is 0 Å². The highest BCUT2D eigenvalue weighted by Gasteiger charge is 2.26. The number of carbonyl (C=O) groups excluding carboxylic acids is 2. The van der Waals surface area contributed by atoms with E-state index in [1.165, 1.54) is 0 Å². The molecule has 2 amide bonds. The molecular formula is C17H25N3O2. The molecule has 1 aliphatic heterocycles. The number of piperidine rings is 1. The largest absolute Gasteiger partial charge is 0.350 e. The van der Waals surface area contributed by atoms with E-state index >= 15 is 0 Å². The van der Waals surface area contributed by atoms with Crippen LogP contribution in [0.2, 0.25) is 0 Å². The summed E-state index contributed by atoms with van der Waals surface area (Å²) in [5.74, 6) is 0.0737. The predicted molar refractivity (Wildman–Crippen MR) is 86.4 cm³/mol. The number of likely N-dealkylation sites (tertiary alicyclic amines) is 1. The average molecular weight is 303 g/mol. The SMILES string of the molecule is NCCCC(=O)N1CCCCC1CNC(=O)c1ccccc1. The van der Waals surface area contributed by atoms with E-state index in [0.717, 1.165) is 32.2 Å². The normalized spacial score (nSPS) is 18.0. The van der Waals surface area contributed by atoms with Crippen LogP contribution < -0.4 is 11.1 Å². The minimum atomic E-state index is -0.0828. The van der Waals surface area contributed by atoms with Gasteiger partial charge in [-0.1, -0.05) is 18.2 Å². The first kappa shape index (κ1) is 16.5. The fraction of sp³-hybridized carbons (Fsp3) is 0.529. The van der Waals surface area contributed by atoms with Crippen LogP contribution in [0, 0.1) is 0 Å². The third-order valence-corrected chi connectivity index (χ3v) is 4.08. The Bertz CT molecular complexity index is 490. The van der Waals surface area contributed by atoms with Crippen molar-refractivity contribution in [3.63, 3.8) is 0 Å². The van der Waals surface area contributed by atoms with Crippen LogP contribution in [0.5, 0.6) is 0 Å². The van der Waals surface area contributed by atoms with Gasteiger partial charge < -0.3 is 16.0 Å². The fourth-order valence-corrected chi connectivity index (χ4v) is 2.84. The second-order valence-electron chi connectivity index (χ2n) is 5.71. The minimum absolute atomic E-state index is 0.0828. The average Bonchev–Trinajstić information content (AvgIpc) is 2.58. The summed E-state index contributed by atoms with van der Waals surface area (Å²) < 4.78 is 0. The van der Waals surface area contributed by atoms with Gasteiger partial charge in [0, 0.05) is 31.1 Å². The van der Waals surface area contributed by atoms with E-state index < -0.39 is 0 Å². The van der Waals surface area contributed by atoms with Gasteiger partial charge in [-0.15, -0.1) is 0 Å². The Morgan fingerprint density at radius 3 is 2.73 bits per heavy atom. The first-order chi connectivity index (χ1) is 10.7. The van der Waals surface area contributed by atoms with Crippen molar-refractivity contribution in [1.82, 2.24) is 10.2 Å². The Morgan fingerprint density at radius 2 is 2.00 bits per heavy atom. The summed E-state index contributed by atoms with van der Waals surface area (Å²) in [4.78, 5) is 26.3. The van der Waals surface area contributed by atoms with Crippen LogP contribution in [0.25, 0.3) is 0 Å². The molecule has 0 spiro atoms. The van der Waals surface area contributed by atoms with Crippen LogP contribution in [0.15, 0.2) is 30.3 Å². The molecule has 1 aromatic carbocycles. The van der Waals surface area contributed by atoms with Crippen LogP contribution >= 0.6 is 0 Å². The van der Waals surface area contributed by atoms with Crippen molar-refractivity contribution in [3.05, 3.63) is 35.9 Å². The monoisotopic (exact) mass is 303 g/mol. The number of amides is 2. The highest BCUT2D eigenvalue weighted by atomic mass is 16.2. The molecule has 120 valence electrons. The maximum Gasteiger partial charge on any atom is 0.251 e. The zero-order valence-electron chi connectivity index (χ0n) is 13.0. The number of carbonyl (C=O) groups is 2. The molecule has 5 nitrogen and oxygen atoms in total. The lowest BCUT2D eigenvalue weighted by molar-refractivity contribution is -0.134. The van der Waals surface area contributed by atoms with Gasteiger partial charge in [0.2, 0.25) is 5.91 Å². The van der Waals surface area contributed by atoms with E-state index in [-0.39, 0.29) is 17.9 Å². The zero-order valence-corrected chi connectivity index (χ0v) is 13.0. The first-order valence-electron chi connectivity index (χ1n) is 8.05. The molecule has 1 atom stereocenters. The summed E-state index contributed by atoms with van der Waals surface area (Å²) in [7, 11) is 0. The lowest BCUT2D eigenvalue weighted by Crippen LogP contribution is -2.49. The number of nitrogens with zero attached hydrogens (tertiary/aromatic N) is 1. The highest BCUT2D eigenvalue weighted by molar-refractivity contribution is 5.94. The summed E-state index contributed by atoms with van der Waals surface area (Å²) in [5.41, 5.74) is 6.13. The van der Waals surface area contributed by atoms with Gasteiger partial charge in [-0.3, -0.25) is 9.59 Å². The zero-order chi connectivity index (χ0) is 15.8. The van der Waals surface area contributed by atoms with Crippen molar-refractivity contribution in [2.75, 3.05) is 19.6 Å². The molecule has 1 heterocycles. The maximum absolute atomic E-state index is 12.2. The molecule has 1 saturated heterocycles. The Morgan fingerprint density at radius 1 is 1.23 bits per heavy atom. The summed E-state index contributed by atoms with van der Waals surface area (Å²) in [6, 6.07) is 9.26. The Kier molecular flexibility index (Phi) is 6.40. The van der Waals surface area contributed by atoms with Gasteiger partial charge in [-0.25, -0.2) is 0 Å². The summed E-state index contributed by atoms with van der Waals surface area (Å²) in [6.07, 6.45) is 4.31.